The van der Waals surface area contributed by atoms with E-state index in [-0.39, 0.29) is 93.4 Å². The van der Waals surface area contributed by atoms with Gasteiger partial charge in [-0.15, -0.1) is 0 Å². The summed E-state index contributed by atoms with van der Waals surface area (Å²) in [5, 5.41) is 1.84. The molecule has 0 N–H and O–H groups in total. The average Bonchev–Trinajstić information content (AvgIpc) is 3.37. The van der Waals surface area contributed by atoms with Crippen LogP contribution >= 0.6 is 0 Å². The molecule has 0 aliphatic carbocycles. The van der Waals surface area contributed by atoms with Crippen molar-refractivity contribution in [2.45, 2.75) is 52.4 Å². The van der Waals surface area contributed by atoms with Gasteiger partial charge in [0.2, 0.25) is 0 Å². The van der Waals surface area contributed by atoms with E-state index in [0.717, 1.165) is 21.8 Å². The molecule has 0 atom stereocenters. The lowest BCUT2D eigenvalue weighted by Crippen LogP contribution is -2.57. The SMILES string of the molecule is [2H]c1c([2H])c(C(C)(C)C)c([2H])c2c1Oc1c([2H])c(-n3c4ccccc4c4ccccc43)c([2H])c3c1B2c1c([2H])c(C(C)(C)C)c([2H])c([2H])c1O3. The number of para-hydroxylation sites is 2. The van der Waals surface area contributed by atoms with Crippen LogP contribution in [0.4, 0.5) is 0 Å². The van der Waals surface area contributed by atoms with Crippen molar-refractivity contribution < 1.29 is 20.4 Å². The lowest BCUT2D eigenvalue weighted by Gasteiger charge is -2.35. The second-order valence-electron chi connectivity index (χ2n) is 13.2. The molecule has 3 heterocycles. The number of hydrogen-bond donors (Lipinski definition) is 0. The minimum Gasteiger partial charge on any atom is -0.458 e. The molecule has 0 saturated heterocycles. The van der Waals surface area contributed by atoms with Gasteiger partial charge in [0.1, 0.15) is 23.0 Å². The van der Waals surface area contributed by atoms with Gasteiger partial charge in [-0.05, 0) is 57.1 Å². The topological polar surface area (TPSA) is 23.4 Å². The number of benzene rings is 5. The van der Waals surface area contributed by atoms with Crippen LogP contribution in [0.3, 0.4) is 0 Å². The van der Waals surface area contributed by atoms with Crippen molar-refractivity contribution in [3.63, 3.8) is 0 Å². The van der Waals surface area contributed by atoms with Crippen LogP contribution in [0.1, 0.15) is 63.6 Å². The molecular weight excluding hydrogens is 513 g/mol. The highest BCUT2D eigenvalue weighted by atomic mass is 16.5. The van der Waals surface area contributed by atoms with Gasteiger partial charge >= 0.3 is 0 Å². The molecule has 0 unspecified atom stereocenters. The van der Waals surface area contributed by atoms with E-state index >= 15 is 0 Å². The summed E-state index contributed by atoms with van der Waals surface area (Å²) in [6, 6.07) is 14.2. The van der Waals surface area contributed by atoms with Crippen molar-refractivity contribution >= 4 is 44.9 Å². The quantitative estimate of drug-likeness (QED) is 0.191. The van der Waals surface area contributed by atoms with Gasteiger partial charge in [0.25, 0.3) is 6.71 Å². The zero-order valence-corrected chi connectivity index (χ0v) is 24.5. The second kappa shape index (κ2) is 8.55. The molecule has 0 bridgehead atoms. The van der Waals surface area contributed by atoms with Crippen molar-refractivity contribution in [1.29, 1.82) is 0 Å². The van der Waals surface area contributed by atoms with E-state index in [1.165, 1.54) is 0 Å². The molecule has 5 aromatic carbocycles. The molecule has 0 radical (unpaired) electrons. The maximum atomic E-state index is 9.70. The average molecular weight is 556 g/mol. The number of fused-ring (bicyclic) bond motifs is 7. The van der Waals surface area contributed by atoms with E-state index in [1.54, 1.807) is 0 Å². The first-order valence-corrected chi connectivity index (χ1v) is 14.3. The van der Waals surface area contributed by atoms with E-state index in [0.29, 0.717) is 11.1 Å². The monoisotopic (exact) mass is 555 g/mol. The summed E-state index contributed by atoms with van der Waals surface area (Å²) in [5.74, 6) is -0.126. The van der Waals surface area contributed by atoms with Crippen LogP contribution < -0.4 is 25.9 Å². The molecule has 2 aliphatic rings. The Hall–Kier alpha value is -4.44. The Morgan fingerprint density at radius 1 is 0.595 bits per heavy atom. The van der Waals surface area contributed by atoms with Crippen molar-refractivity contribution in [2.24, 2.45) is 0 Å². The third-order valence-electron chi connectivity index (χ3n) is 8.14. The van der Waals surface area contributed by atoms with Crippen LogP contribution in [-0.4, -0.2) is 11.3 Å². The van der Waals surface area contributed by atoms with Gasteiger partial charge in [0.15, 0.2) is 0 Å². The second-order valence-corrected chi connectivity index (χ2v) is 13.2. The third-order valence-corrected chi connectivity index (χ3v) is 8.14. The fourth-order valence-electron chi connectivity index (χ4n) is 5.96. The van der Waals surface area contributed by atoms with Gasteiger partial charge in [-0.25, -0.2) is 0 Å². The Balaban J connectivity index is 1.57. The molecule has 0 spiro atoms. The van der Waals surface area contributed by atoms with Crippen LogP contribution in [0.25, 0.3) is 27.5 Å². The number of rotatable bonds is 1. The van der Waals surface area contributed by atoms with Gasteiger partial charge < -0.3 is 14.0 Å². The highest BCUT2D eigenvalue weighted by Crippen LogP contribution is 2.40. The Morgan fingerprint density at radius 3 is 1.50 bits per heavy atom. The molecule has 8 rings (SSSR count). The summed E-state index contributed by atoms with van der Waals surface area (Å²) >= 11 is 0. The van der Waals surface area contributed by atoms with E-state index in [4.69, 9.17) is 12.2 Å². The first kappa shape index (κ1) is 18.2. The van der Waals surface area contributed by atoms with E-state index in [2.05, 4.69) is 0 Å². The van der Waals surface area contributed by atoms with Crippen LogP contribution in [0.2, 0.25) is 0 Å². The predicted octanol–water partition coefficient (Wildman–Crippen LogP) is 8.11. The Labute approximate surface area is 259 Å². The van der Waals surface area contributed by atoms with E-state index in [9.17, 15) is 8.22 Å². The minimum absolute atomic E-state index is 0.00464. The molecule has 1 aromatic heterocycles. The summed E-state index contributed by atoms with van der Waals surface area (Å²) in [7, 11) is 0. The van der Waals surface area contributed by atoms with Crippen LogP contribution in [-0.2, 0) is 10.8 Å². The molecule has 0 amide bonds. The van der Waals surface area contributed by atoms with Crippen LogP contribution in [0.15, 0.2) is 96.9 Å². The zero-order valence-electron chi connectivity index (χ0n) is 32.5. The number of ether oxygens (including phenoxy) is 2. The van der Waals surface area contributed by atoms with Crippen LogP contribution in [0.5, 0.6) is 23.0 Å². The zero-order chi connectivity index (χ0) is 35.9. The lowest BCUT2D eigenvalue weighted by molar-refractivity contribution is 0.463. The maximum Gasteiger partial charge on any atom is 0.260 e. The molecule has 0 saturated carbocycles. The summed E-state index contributed by atoms with van der Waals surface area (Å²) in [6.45, 7) is 10.2. The highest BCUT2D eigenvalue weighted by Gasteiger charge is 2.41. The van der Waals surface area contributed by atoms with Gasteiger partial charge in [-0.3, -0.25) is 0 Å². The smallest absolute Gasteiger partial charge is 0.260 e. The first-order chi connectivity index (χ1) is 23.5. The van der Waals surface area contributed by atoms with Crippen LogP contribution in [0, 0.1) is 0 Å². The van der Waals surface area contributed by atoms with Crippen molar-refractivity contribution in [2.75, 3.05) is 0 Å². The lowest BCUT2D eigenvalue weighted by atomic mass is 9.34. The molecular formula is C38H34BNO2. The molecule has 3 nitrogen and oxygen atoms in total. The molecule has 6 aromatic rings. The number of hydrogen-bond acceptors (Lipinski definition) is 2. The fourth-order valence-corrected chi connectivity index (χ4v) is 5.96. The molecule has 2 aliphatic heterocycles. The Morgan fingerprint density at radius 2 is 1.05 bits per heavy atom. The van der Waals surface area contributed by atoms with Crippen molar-refractivity contribution in [3.05, 3.63) is 108 Å². The summed E-state index contributed by atoms with van der Waals surface area (Å²) in [6.07, 6.45) is 0. The van der Waals surface area contributed by atoms with Gasteiger partial charge in [-0.1, -0.05) is 102 Å². The predicted molar refractivity (Wildman–Crippen MR) is 176 cm³/mol. The maximum absolute atomic E-state index is 9.70. The highest BCUT2D eigenvalue weighted by molar-refractivity contribution is 6.98. The minimum atomic E-state index is -1.04. The van der Waals surface area contributed by atoms with Gasteiger partial charge in [0.05, 0.1) is 27.7 Å². The number of aromatic nitrogens is 1. The van der Waals surface area contributed by atoms with E-state index < -0.39 is 17.5 Å². The molecule has 206 valence electrons. The van der Waals surface area contributed by atoms with Gasteiger partial charge in [0, 0.05) is 28.3 Å². The molecule has 4 heteroatoms. The summed E-state index contributed by atoms with van der Waals surface area (Å²) < 4.78 is 89.7. The van der Waals surface area contributed by atoms with Crippen molar-refractivity contribution in [3.8, 4) is 28.7 Å². The van der Waals surface area contributed by atoms with Gasteiger partial charge in [-0.2, -0.15) is 0 Å². The Bertz CT molecular complexity index is 2350. The standard InChI is InChI=1S/C38H34BNO2/c1-37(2,3)23-15-17-32-28(19-23)39-29-20-24(38(4,5)6)16-18-33(29)42-35-22-25(21-34(41-32)36(35)39)40-30-13-9-7-11-26(30)27-12-8-10-14-31(27)40/h7-22H,1-6H3/i15D,16D,17D,18D,19D,20D,21D,22D. The van der Waals surface area contributed by atoms with E-state index in [1.807, 2.05) is 94.6 Å². The fraction of sp³-hybridized carbons (Fsp3) is 0.211. The largest absolute Gasteiger partial charge is 0.458 e. The van der Waals surface area contributed by atoms with Crippen molar-refractivity contribution in [1.82, 2.24) is 4.57 Å². The normalized spacial score (nSPS) is 16.5. The first-order valence-electron chi connectivity index (χ1n) is 18.3. The molecule has 42 heavy (non-hydrogen) atoms. The third kappa shape index (κ3) is 3.67. The molecule has 0 fully saturated rings. The summed E-state index contributed by atoms with van der Waals surface area (Å²) in [5.41, 5.74) is 1.62. The Kier molecular flexibility index (Phi) is 3.70. The summed E-state index contributed by atoms with van der Waals surface area (Å²) in [4.78, 5) is 0. The number of nitrogens with zero attached hydrogens (tertiary/aromatic N) is 1.